The number of rotatable bonds is 4. The number of sulfonamides is 1. The summed E-state index contributed by atoms with van der Waals surface area (Å²) in [5.74, 6) is 0.410. The highest BCUT2D eigenvalue weighted by molar-refractivity contribution is 7.92. The van der Waals surface area contributed by atoms with Crippen LogP contribution in [0.25, 0.3) is 0 Å². The molecule has 2 aromatic rings. The summed E-state index contributed by atoms with van der Waals surface area (Å²) in [7, 11) is -2.23. The average Bonchev–Trinajstić information content (AvgIpc) is 2.37. The van der Waals surface area contributed by atoms with Gasteiger partial charge in [-0.1, -0.05) is 29.3 Å². The highest BCUT2D eigenvalue weighted by Gasteiger charge is 2.19. The van der Waals surface area contributed by atoms with Crippen LogP contribution < -0.4 is 9.46 Å². The lowest BCUT2D eigenvalue weighted by atomic mass is 10.2. The summed E-state index contributed by atoms with van der Waals surface area (Å²) in [5.41, 5.74) is 2.00. The van der Waals surface area contributed by atoms with Gasteiger partial charge in [0.05, 0.1) is 17.7 Å². The maximum absolute atomic E-state index is 12.5. The summed E-state index contributed by atoms with van der Waals surface area (Å²) in [6.07, 6.45) is 0. The Hall–Kier alpha value is -1.72. The molecule has 0 unspecified atom stereocenters. The topological polar surface area (TPSA) is 55.4 Å². The van der Waals surface area contributed by atoms with Gasteiger partial charge >= 0.3 is 0 Å². The number of methoxy groups -OCH3 is 1. The number of halogens is 1. The van der Waals surface area contributed by atoms with Crippen molar-refractivity contribution in [3.8, 4) is 5.75 Å². The second-order valence-electron chi connectivity index (χ2n) is 4.72. The quantitative estimate of drug-likeness (QED) is 0.931. The van der Waals surface area contributed by atoms with E-state index in [1.165, 1.54) is 13.2 Å². The van der Waals surface area contributed by atoms with E-state index in [-0.39, 0.29) is 4.90 Å². The maximum atomic E-state index is 12.5. The lowest BCUT2D eigenvalue weighted by Crippen LogP contribution is -2.15. The van der Waals surface area contributed by atoms with Crippen LogP contribution in [0.2, 0.25) is 5.02 Å². The molecule has 1 N–H and O–H groups in total. The second kappa shape index (κ2) is 5.95. The summed E-state index contributed by atoms with van der Waals surface area (Å²) >= 11 is 5.91. The molecule has 0 atom stereocenters. The number of aryl methyl sites for hydroxylation is 2. The van der Waals surface area contributed by atoms with Crippen molar-refractivity contribution in [2.45, 2.75) is 18.7 Å². The standard InChI is InChI=1S/C15H16ClNO3S/c1-10-4-7-15(11(2)8-10)21(18,19)17-13-9-12(16)5-6-14(13)20-3/h4-9,17H,1-3H3. The summed E-state index contributed by atoms with van der Waals surface area (Å²) in [4.78, 5) is 0.232. The first-order valence-corrected chi connectivity index (χ1v) is 8.13. The van der Waals surface area contributed by atoms with E-state index in [1.54, 1.807) is 31.2 Å². The first-order chi connectivity index (χ1) is 9.83. The van der Waals surface area contributed by atoms with Crippen LogP contribution in [0.5, 0.6) is 5.75 Å². The van der Waals surface area contributed by atoms with Crippen LogP contribution in [0.4, 0.5) is 5.69 Å². The van der Waals surface area contributed by atoms with Crippen LogP contribution in [0.1, 0.15) is 11.1 Å². The van der Waals surface area contributed by atoms with E-state index in [0.717, 1.165) is 5.56 Å². The molecule has 0 aliphatic rings. The maximum Gasteiger partial charge on any atom is 0.262 e. The van der Waals surface area contributed by atoms with Crippen molar-refractivity contribution in [2.24, 2.45) is 0 Å². The van der Waals surface area contributed by atoms with Crippen molar-refractivity contribution in [1.82, 2.24) is 0 Å². The van der Waals surface area contributed by atoms with Gasteiger partial charge in [0.2, 0.25) is 0 Å². The van der Waals surface area contributed by atoms with Gasteiger partial charge in [-0.3, -0.25) is 4.72 Å². The predicted molar refractivity (Wildman–Crippen MR) is 84.7 cm³/mol. The van der Waals surface area contributed by atoms with E-state index in [0.29, 0.717) is 22.0 Å². The summed E-state index contributed by atoms with van der Waals surface area (Å²) in [5, 5.41) is 0.425. The first-order valence-electron chi connectivity index (χ1n) is 6.27. The predicted octanol–water partition coefficient (Wildman–Crippen LogP) is 3.77. The van der Waals surface area contributed by atoms with Crippen molar-refractivity contribution in [2.75, 3.05) is 11.8 Å². The second-order valence-corrected chi connectivity index (χ2v) is 6.81. The van der Waals surface area contributed by atoms with E-state index in [2.05, 4.69) is 4.72 Å². The van der Waals surface area contributed by atoms with Gasteiger partial charge in [0, 0.05) is 5.02 Å². The molecule has 0 bridgehead atoms. The molecule has 0 aliphatic carbocycles. The number of hydrogen-bond acceptors (Lipinski definition) is 3. The third-order valence-electron chi connectivity index (χ3n) is 3.03. The zero-order valence-corrected chi connectivity index (χ0v) is 13.5. The monoisotopic (exact) mass is 325 g/mol. The molecule has 0 fully saturated rings. The Bertz CT molecular complexity index is 772. The minimum absolute atomic E-state index is 0.232. The molecule has 4 nitrogen and oxygen atoms in total. The van der Waals surface area contributed by atoms with Crippen LogP contribution in [-0.2, 0) is 10.0 Å². The summed E-state index contributed by atoms with van der Waals surface area (Å²) < 4.78 is 32.7. The number of ether oxygens (including phenoxy) is 1. The minimum Gasteiger partial charge on any atom is -0.495 e. The normalized spacial score (nSPS) is 11.2. The van der Waals surface area contributed by atoms with Crippen LogP contribution in [0.15, 0.2) is 41.3 Å². The third kappa shape index (κ3) is 3.49. The van der Waals surface area contributed by atoms with Gasteiger partial charge in [-0.05, 0) is 43.7 Å². The molecule has 0 amide bonds. The van der Waals surface area contributed by atoms with E-state index in [1.807, 2.05) is 13.0 Å². The van der Waals surface area contributed by atoms with Gasteiger partial charge in [-0.25, -0.2) is 8.42 Å². The molecule has 0 saturated carbocycles. The van der Waals surface area contributed by atoms with E-state index >= 15 is 0 Å². The average molecular weight is 326 g/mol. The summed E-state index contributed by atoms with van der Waals surface area (Å²) in [6, 6.07) is 9.93. The number of hydrogen-bond donors (Lipinski definition) is 1. The van der Waals surface area contributed by atoms with Crippen molar-refractivity contribution < 1.29 is 13.2 Å². The molecule has 2 rings (SSSR count). The van der Waals surface area contributed by atoms with Crippen molar-refractivity contribution in [3.63, 3.8) is 0 Å². The fourth-order valence-corrected chi connectivity index (χ4v) is 3.52. The Balaban J connectivity index is 2.44. The molecule has 0 radical (unpaired) electrons. The Kier molecular flexibility index (Phi) is 4.44. The molecule has 0 saturated heterocycles. The Morgan fingerprint density at radius 2 is 1.81 bits per heavy atom. The zero-order chi connectivity index (χ0) is 15.6. The van der Waals surface area contributed by atoms with Crippen molar-refractivity contribution >= 4 is 27.3 Å². The van der Waals surface area contributed by atoms with Gasteiger partial charge in [0.25, 0.3) is 10.0 Å². The van der Waals surface area contributed by atoms with Crippen LogP contribution in [0, 0.1) is 13.8 Å². The lowest BCUT2D eigenvalue weighted by Gasteiger charge is -2.13. The Labute approximate surface area is 129 Å². The molecule has 112 valence electrons. The fourth-order valence-electron chi connectivity index (χ4n) is 2.06. The van der Waals surface area contributed by atoms with Gasteiger partial charge in [-0.2, -0.15) is 0 Å². The molecule has 0 aliphatic heterocycles. The third-order valence-corrected chi connectivity index (χ3v) is 4.79. The number of anilines is 1. The van der Waals surface area contributed by atoms with E-state index < -0.39 is 10.0 Å². The lowest BCUT2D eigenvalue weighted by molar-refractivity contribution is 0.417. The minimum atomic E-state index is -3.70. The number of benzene rings is 2. The van der Waals surface area contributed by atoms with Gasteiger partial charge < -0.3 is 4.74 Å². The largest absolute Gasteiger partial charge is 0.495 e. The van der Waals surface area contributed by atoms with E-state index in [4.69, 9.17) is 16.3 Å². The van der Waals surface area contributed by atoms with Crippen molar-refractivity contribution in [1.29, 1.82) is 0 Å². The van der Waals surface area contributed by atoms with Crippen LogP contribution in [0.3, 0.4) is 0 Å². The molecule has 0 heterocycles. The van der Waals surface area contributed by atoms with Gasteiger partial charge in [0.1, 0.15) is 5.75 Å². The smallest absolute Gasteiger partial charge is 0.262 e. The molecule has 0 aromatic heterocycles. The SMILES string of the molecule is COc1ccc(Cl)cc1NS(=O)(=O)c1ccc(C)cc1C. The molecule has 0 spiro atoms. The molecule has 2 aromatic carbocycles. The molecular weight excluding hydrogens is 310 g/mol. The zero-order valence-electron chi connectivity index (χ0n) is 12.0. The molecule has 6 heteroatoms. The van der Waals surface area contributed by atoms with Gasteiger partial charge in [-0.15, -0.1) is 0 Å². The van der Waals surface area contributed by atoms with Crippen LogP contribution >= 0.6 is 11.6 Å². The first kappa shape index (κ1) is 15.7. The van der Waals surface area contributed by atoms with Gasteiger partial charge in [0.15, 0.2) is 0 Å². The van der Waals surface area contributed by atoms with E-state index in [9.17, 15) is 8.42 Å². The fraction of sp³-hybridized carbons (Fsp3) is 0.200. The molecular formula is C15H16ClNO3S. The Morgan fingerprint density at radius 1 is 1.10 bits per heavy atom. The van der Waals surface area contributed by atoms with Crippen LogP contribution in [-0.4, -0.2) is 15.5 Å². The van der Waals surface area contributed by atoms with Crippen molar-refractivity contribution in [3.05, 3.63) is 52.5 Å². The summed E-state index contributed by atoms with van der Waals surface area (Å²) in [6.45, 7) is 3.67. The highest BCUT2D eigenvalue weighted by Crippen LogP contribution is 2.30. The molecule has 21 heavy (non-hydrogen) atoms. The Morgan fingerprint density at radius 3 is 2.43 bits per heavy atom. The highest BCUT2D eigenvalue weighted by atomic mass is 35.5. The number of nitrogens with one attached hydrogen (secondary N) is 1.